The van der Waals surface area contributed by atoms with Crippen LogP contribution in [0.2, 0.25) is 0 Å². The minimum atomic E-state index is -0.536. The van der Waals surface area contributed by atoms with Crippen LogP contribution in [0.15, 0.2) is 73.3 Å². The van der Waals surface area contributed by atoms with Crippen LogP contribution in [0.4, 0.5) is 0 Å². The third kappa shape index (κ3) is 4.96. The Morgan fingerprint density at radius 2 is 1.85 bits per heavy atom. The number of imidazole rings is 1. The highest BCUT2D eigenvalue weighted by Gasteiger charge is 2.14. The first kappa shape index (κ1) is 17.7. The van der Waals surface area contributed by atoms with E-state index in [1.165, 1.54) is 0 Å². The summed E-state index contributed by atoms with van der Waals surface area (Å²) in [6.07, 6.45) is 5.74. The number of benzene rings is 2. The molecule has 1 heterocycles. The van der Waals surface area contributed by atoms with Crippen LogP contribution in [0.1, 0.15) is 13.3 Å². The van der Waals surface area contributed by atoms with Crippen LogP contribution in [0.3, 0.4) is 0 Å². The van der Waals surface area contributed by atoms with Gasteiger partial charge in [-0.1, -0.05) is 42.5 Å². The molecule has 0 radical (unpaired) electrons. The van der Waals surface area contributed by atoms with E-state index in [1.54, 1.807) is 19.4 Å². The van der Waals surface area contributed by atoms with Crippen molar-refractivity contribution in [3.05, 3.63) is 73.3 Å². The quantitative estimate of drug-likeness (QED) is 0.633. The summed E-state index contributed by atoms with van der Waals surface area (Å²) in [5.41, 5.74) is 2.28. The van der Waals surface area contributed by atoms with Crippen molar-refractivity contribution < 1.29 is 9.53 Å². The maximum Gasteiger partial charge on any atom is 0.260 e. The Balaban J connectivity index is 1.44. The zero-order chi connectivity index (χ0) is 18.2. The zero-order valence-electron chi connectivity index (χ0n) is 14.8. The Morgan fingerprint density at radius 1 is 1.12 bits per heavy atom. The van der Waals surface area contributed by atoms with Gasteiger partial charge in [0.05, 0.1) is 6.33 Å². The summed E-state index contributed by atoms with van der Waals surface area (Å²) >= 11 is 0. The summed E-state index contributed by atoms with van der Waals surface area (Å²) in [6.45, 7) is 3.20. The molecule has 1 unspecified atom stereocenters. The zero-order valence-corrected chi connectivity index (χ0v) is 14.8. The van der Waals surface area contributed by atoms with Crippen molar-refractivity contribution in [1.82, 2.24) is 14.9 Å². The van der Waals surface area contributed by atoms with Gasteiger partial charge in [-0.2, -0.15) is 0 Å². The van der Waals surface area contributed by atoms with E-state index in [2.05, 4.69) is 22.4 Å². The molecule has 1 amide bonds. The molecule has 3 aromatic rings. The van der Waals surface area contributed by atoms with E-state index in [9.17, 15) is 4.79 Å². The van der Waals surface area contributed by atoms with Gasteiger partial charge in [-0.3, -0.25) is 4.79 Å². The van der Waals surface area contributed by atoms with Crippen LogP contribution < -0.4 is 10.1 Å². The molecule has 1 N–H and O–H groups in total. The summed E-state index contributed by atoms with van der Waals surface area (Å²) in [5, 5.41) is 2.90. The van der Waals surface area contributed by atoms with Gasteiger partial charge in [0.25, 0.3) is 5.91 Å². The van der Waals surface area contributed by atoms with Crippen molar-refractivity contribution in [3.8, 4) is 16.9 Å². The van der Waals surface area contributed by atoms with Gasteiger partial charge in [-0.05, 0) is 36.6 Å². The van der Waals surface area contributed by atoms with E-state index in [0.717, 1.165) is 24.1 Å². The summed E-state index contributed by atoms with van der Waals surface area (Å²) in [5.74, 6) is 0.577. The Hall–Kier alpha value is -3.08. The second-order valence-electron chi connectivity index (χ2n) is 6.10. The average Bonchev–Trinajstić information content (AvgIpc) is 3.20. The van der Waals surface area contributed by atoms with Gasteiger partial charge < -0.3 is 14.6 Å². The van der Waals surface area contributed by atoms with E-state index in [-0.39, 0.29) is 5.91 Å². The first-order valence-corrected chi connectivity index (χ1v) is 8.78. The predicted molar refractivity (Wildman–Crippen MR) is 102 cm³/mol. The molecule has 0 fully saturated rings. The number of nitrogens with zero attached hydrogens (tertiary/aromatic N) is 2. The van der Waals surface area contributed by atoms with Crippen molar-refractivity contribution in [1.29, 1.82) is 0 Å². The molecule has 2 aromatic carbocycles. The summed E-state index contributed by atoms with van der Waals surface area (Å²) in [6, 6.07) is 17.9. The third-order valence-corrected chi connectivity index (χ3v) is 4.10. The van der Waals surface area contributed by atoms with E-state index in [1.807, 2.05) is 53.2 Å². The Labute approximate surface area is 153 Å². The summed E-state index contributed by atoms with van der Waals surface area (Å²) in [4.78, 5) is 16.1. The largest absolute Gasteiger partial charge is 0.481 e. The van der Waals surface area contributed by atoms with Gasteiger partial charge >= 0.3 is 0 Å². The van der Waals surface area contributed by atoms with E-state index in [0.29, 0.717) is 12.3 Å². The average molecular weight is 349 g/mol. The number of aryl methyl sites for hydroxylation is 1. The maximum atomic E-state index is 12.1. The molecule has 0 aliphatic carbocycles. The number of ether oxygens (including phenoxy) is 1. The lowest BCUT2D eigenvalue weighted by Gasteiger charge is -2.15. The highest BCUT2D eigenvalue weighted by atomic mass is 16.5. The lowest BCUT2D eigenvalue weighted by atomic mass is 10.1. The first-order valence-electron chi connectivity index (χ1n) is 8.78. The fraction of sp³-hybridized carbons (Fsp3) is 0.238. The topological polar surface area (TPSA) is 56.1 Å². The molecule has 3 rings (SSSR count). The monoisotopic (exact) mass is 349 g/mol. The molecule has 0 saturated heterocycles. The number of carbonyl (C=O) groups is 1. The van der Waals surface area contributed by atoms with Gasteiger partial charge in [0.1, 0.15) is 5.75 Å². The SMILES string of the molecule is CC(Oc1ccc(-c2ccccc2)cc1)C(=O)NCCCn1ccnc1. The Kier molecular flexibility index (Phi) is 6.04. The van der Waals surface area contributed by atoms with Crippen molar-refractivity contribution in [2.45, 2.75) is 26.0 Å². The predicted octanol–water partition coefficient (Wildman–Crippen LogP) is 3.52. The van der Waals surface area contributed by atoms with Crippen LogP contribution in [0.5, 0.6) is 5.75 Å². The fourth-order valence-corrected chi connectivity index (χ4v) is 2.65. The number of hydrogen-bond donors (Lipinski definition) is 1. The molecular formula is C21H23N3O2. The smallest absolute Gasteiger partial charge is 0.260 e. The van der Waals surface area contributed by atoms with Crippen molar-refractivity contribution in [2.75, 3.05) is 6.54 Å². The molecular weight excluding hydrogens is 326 g/mol. The van der Waals surface area contributed by atoms with Gasteiger partial charge in [0, 0.05) is 25.5 Å². The van der Waals surface area contributed by atoms with Crippen molar-refractivity contribution in [3.63, 3.8) is 0 Å². The molecule has 0 bridgehead atoms. The normalized spacial score (nSPS) is 11.7. The minimum absolute atomic E-state index is 0.109. The molecule has 134 valence electrons. The summed E-state index contributed by atoms with van der Waals surface area (Å²) in [7, 11) is 0. The number of nitrogens with one attached hydrogen (secondary N) is 1. The molecule has 26 heavy (non-hydrogen) atoms. The van der Waals surface area contributed by atoms with Crippen LogP contribution in [0.25, 0.3) is 11.1 Å². The summed E-state index contributed by atoms with van der Waals surface area (Å²) < 4.78 is 7.73. The molecule has 0 aliphatic heterocycles. The number of amides is 1. The molecule has 0 spiro atoms. The maximum absolute atomic E-state index is 12.1. The standard InChI is InChI=1S/C21H23N3O2/c1-17(21(25)23-12-5-14-24-15-13-22-16-24)26-20-10-8-19(9-11-20)18-6-3-2-4-7-18/h2-4,6-11,13,15-17H,5,12,14H2,1H3,(H,23,25). The molecule has 5 nitrogen and oxygen atoms in total. The van der Waals surface area contributed by atoms with Crippen molar-refractivity contribution >= 4 is 5.91 Å². The van der Waals surface area contributed by atoms with Crippen LogP contribution in [0, 0.1) is 0 Å². The van der Waals surface area contributed by atoms with E-state index < -0.39 is 6.10 Å². The van der Waals surface area contributed by atoms with Crippen molar-refractivity contribution in [2.24, 2.45) is 0 Å². The van der Waals surface area contributed by atoms with Crippen LogP contribution in [-0.2, 0) is 11.3 Å². The second kappa shape index (κ2) is 8.85. The van der Waals surface area contributed by atoms with E-state index in [4.69, 9.17) is 4.74 Å². The molecule has 5 heteroatoms. The molecule has 1 atom stereocenters. The minimum Gasteiger partial charge on any atom is -0.481 e. The highest BCUT2D eigenvalue weighted by molar-refractivity contribution is 5.80. The molecule has 0 saturated carbocycles. The molecule has 1 aromatic heterocycles. The van der Waals surface area contributed by atoms with Crippen LogP contribution >= 0.6 is 0 Å². The highest BCUT2D eigenvalue weighted by Crippen LogP contribution is 2.22. The number of rotatable bonds is 8. The van der Waals surface area contributed by atoms with Gasteiger partial charge in [0.15, 0.2) is 6.10 Å². The molecule has 0 aliphatic rings. The fourth-order valence-electron chi connectivity index (χ4n) is 2.65. The lowest BCUT2D eigenvalue weighted by Crippen LogP contribution is -2.37. The Bertz CT molecular complexity index is 799. The Morgan fingerprint density at radius 3 is 2.54 bits per heavy atom. The number of hydrogen-bond acceptors (Lipinski definition) is 3. The van der Waals surface area contributed by atoms with Gasteiger partial charge in [0.2, 0.25) is 0 Å². The van der Waals surface area contributed by atoms with E-state index >= 15 is 0 Å². The number of aromatic nitrogens is 2. The lowest BCUT2D eigenvalue weighted by molar-refractivity contribution is -0.127. The van der Waals surface area contributed by atoms with Crippen LogP contribution in [-0.4, -0.2) is 28.1 Å². The first-order chi connectivity index (χ1) is 12.7. The van der Waals surface area contributed by atoms with Gasteiger partial charge in [-0.15, -0.1) is 0 Å². The second-order valence-corrected chi connectivity index (χ2v) is 6.10. The van der Waals surface area contributed by atoms with Gasteiger partial charge in [-0.25, -0.2) is 4.98 Å². The third-order valence-electron chi connectivity index (χ3n) is 4.10. The number of carbonyl (C=O) groups excluding carboxylic acids is 1.